The van der Waals surface area contributed by atoms with Gasteiger partial charge in [-0.05, 0) is 11.9 Å². The molecule has 0 saturated carbocycles. The summed E-state index contributed by atoms with van der Waals surface area (Å²) in [4.78, 5) is 9.96. The average Bonchev–Trinajstić information content (AvgIpc) is 2.15. The highest BCUT2D eigenvalue weighted by molar-refractivity contribution is 7.97. The second-order valence-electron chi connectivity index (χ2n) is 2.27. The van der Waals surface area contributed by atoms with Gasteiger partial charge in [-0.15, -0.1) is 0 Å². The van der Waals surface area contributed by atoms with Gasteiger partial charge < -0.3 is 0 Å². The lowest BCUT2D eigenvalue weighted by Crippen LogP contribution is -1.89. The van der Waals surface area contributed by atoms with Crippen molar-refractivity contribution in [1.82, 2.24) is 0 Å². The summed E-state index contributed by atoms with van der Waals surface area (Å²) < 4.78 is 3.91. The molecule has 0 heterocycles. The summed E-state index contributed by atoms with van der Waals surface area (Å²) in [6, 6.07) is 6.35. The van der Waals surface area contributed by atoms with Crippen molar-refractivity contribution in [3.63, 3.8) is 0 Å². The standard InChI is InChI=1S/C8H8N2O2S/c1-13-9-6-7-3-2-4-8(5-7)10(11)12/h2-6H,1H3/b9-6+. The number of hydrogen-bond donors (Lipinski definition) is 0. The molecule has 0 N–H and O–H groups in total. The summed E-state index contributed by atoms with van der Waals surface area (Å²) in [5.74, 6) is 0. The molecular weight excluding hydrogens is 188 g/mol. The molecule has 0 amide bonds. The average molecular weight is 196 g/mol. The molecule has 0 aliphatic rings. The fraction of sp³-hybridized carbons (Fsp3) is 0.125. The van der Waals surface area contributed by atoms with Crippen molar-refractivity contribution < 1.29 is 4.92 Å². The van der Waals surface area contributed by atoms with Gasteiger partial charge in [-0.3, -0.25) is 10.1 Å². The first-order chi connectivity index (χ1) is 6.24. The van der Waals surface area contributed by atoms with E-state index in [2.05, 4.69) is 4.40 Å². The van der Waals surface area contributed by atoms with E-state index in [4.69, 9.17) is 0 Å². The fourth-order valence-electron chi connectivity index (χ4n) is 0.832. The van der Waals surface area contributed by atoms with Gasteiger partial charge in [-0.25, -0.2) is 4.40 Å². The second kappa shape index (κ2) is 4.61. The highest BCUT2D eigenvalue weighted by Crippen LogP contribution is 2.11. The Bertz CT molecular complexity index is 339. The smallest absolute Gasteiger partial charge is 0.258 e. The number of nitro benzene ring substituents is 1. The van der Waals surface area contributed by atoms with E-state index in [1.165, 1.54) is 24.1 Å². The fourth-order valence-corrected chi connectivity index (χ4v) is 1.06. The van der Waals surface area contributed by atoms with E-state index in [1.54, 1.807) is 18.3 Å². The van der Waals surface area contributed by atoms with Crippen LogP contribution >= 0.6 is 11.9 Å². The van der Waals surface area contributed by atoms with Gasteiger partial charge >= 0.3 is 0 Å². The highest BCUT2D eigenvalue weighted by atomic mass is 32.2. The molecule has 0 atom stereocenters. The zero-order valence-corrected chi connectivity index (χ0v) is 7.82. The zero-order valence-electron chi connectivity index (χ0n) is 7.01. The molecule has 0 saturated heterocycles. The van der Waals surface area contributed by atoms with Gasteiger partial charge in [0, 0.05) is 30.2 Å². The van der Waals surface area contributed by atoms with Crippen molar-refractivity contribution in [2.75, 3.05) is 6.26 Å². The van der Waals surface area contributed by atoms with E-state index in [0.29, 0.717) is 0 Å². The number of nitro groups is 1. The van der Waals surface area contributed by atoms with Crippen LogP contribution in [0.5, 0.6) is 0 Å². The van der Waals surface area contributed by atoms with E-state index < -0.39 is 4.92 Å². The van der Waals surface area contributed by atoms with Crippen LogP contribution in [0.25, 0.3) is 0 Å². The van der Waals surface area contributed by atoms with Crippen molar-refractivity contribution >= 4 is 23.8 Å². The molecule has 1 aromatic carbocycles. The van der Waals surface area contributed by atoms with Crippen LogP contribution < -0.4 is 0 Å². The zero-order chi connectivity index (χ0) is 9.68. The Hall–Kier alpha value is -1.36. The molecule has 13 heavy (non-hydrogen) atoms. The molecule has 1 aromatic rings. The van der Waals surface area contributed by atoms with Gasteiger partial charge in [0.1, 0.15) is 0 Å². The molecule has 0 spiro atoms. The monoisotopic (exact) mass is 196 g/mol. The molecule has 0 radical (unpaired) electrons. The van der Waals surface area contributed by atoms with Gasteiger partial charge in [0.2, 0.25) is 0 Å². The maximum atomic E-state index is 10.4. The molecule has 0 aliphatic heterocycles. The minimum atomic E-state index is -0.420. The topological polar surface area (TPSA) is 55.5 Å². The molecule has 68 valence electrons. The van der Waals surface area contributed by atoms with Gasteiger partial charge in [-0.2, -0.15) is 0 Å². The Morgan fingerprint density at radius 2 is 2.38 bits per heavy atom. The first kappa shape index (κ1) is 9.73. The van der Waals surface area contributed by atoms with E-state index in [9.17, 15) is 10.1 Å². The minimum Gasteiger partial charge on any atom is -0.258 e. The number of benzene rings is 1. The van der Waals surface area contributed by atoms with E-state index in [-0.39, 0.29) is 5.69 Å². The van der Waals surface area contributed by atoms with E-state index in [1.807, 2.05) is 6.26 Å². The normalized spacial score (nSPS) is 10.5. The number of rotatable bonds is 3. The van der Waals surface area contributed by atoms with Crippen molar-refractivity contribution in [3.05, 3.63) is 39.9 Å². The molecule has 0 fully saturated rings. The Morgan fingerprint density at radius 3 is 3.00 bits per heavy atom. The lowest BCUT2D eigenvalue weighted by atomic mass is 10.2. The number of nitrogens with zero attached hydrogens (tertiary/aromatic N) is 2. The largest absolute Gasteiger partial charge is 0.270 e. The van der Waals surface area contributed by atoms with Crippen molar-refractivity contribution in [3.8, 4) is 0 Å². The third kappa shape index (κ3) is 2.87. The van der Waals surface area contributed by atoms with Gasteiger partial charge in [-0.1, -0.05) is 12.1 Å². The predicted molar refractivity (Wildman–Crippen MR) is 54.2 cm³/mol. The first-order valence-electron chi connectivity index (χ1n) is 3.55. The summed E-state index contributed by atoms with van der Waals surface area (Å²) in [6.45, 7) is 0. The lowest BCUT2D eigenvalue weighted by molar-refractivity contribution is -0.384. The number of non-ortho nitro benzene ring substituents is 1. The quantitative estimate of drug-likeness (QED) is 0.322. The molecule has 5 heteroatoms. The van der Waals surface area contributed by atoms with Crippen LogP contribution in [0.1, 0.15) is 5.56 Å². The van der Waals surface area contributed by atoms with Gasteiger partial charge in [0.05, 0.1) is 4.92 Å². The Kier molecular flexibility index (Phi) is 3.45. The summed E-state index contributed by atoms with van der Waals surface area (Å²) in [5.41, 5.74) is 0.827. The van der Waals surface area contributed by atoms with Crippen LogP contribution in [-0.2, 0) is 0 Å². The van der Waals surface area contributed by atoms with Crippen LogP contribution in [0.2, 0.25) is 0 Å². The van der Waals surface area contributed by atoms with Gasteiger partial charge in [0.25, 0.3) is 5.69 Å². The Balaban J connectivity index is 2.92. The third-order valence-corrected chi connectivity index (χ3v) is 1.70. The van der Waals surface area contributed by atoms with Crippen molar-refractivity contribution in [2.45, 2.75) is 0 Å². The van der Waals surface area contributed by atoms with Crippen molar-refractivity contribution in [2.24, 2.45) is 4.40 Å². The first-order valence-corrected chi connectivity index (χ1v) is 4.73. The second-order valence-corrected chi connectivity index (χ2v) is 2.85. The Labute approximate surface area is 80.0 Å². The van der Waals surface area contributed by atoms with Gasteiger partial charge in [0.15, 0.2) is 0 Å². The van der Waals surface area contributed by atoms with Crippen LogP contribution in [0.3, 0.4) is 0 Å². The summed E-state index contributed by atoms with van der Waals surface area (Å²) >= 11 is 1.31. The third-order valence-electron chi connectivity index (χ3n) is 1.39. The highest BCUT2D eigenvalue weighted by Gasteiger charge is 2.03. The van der Waals surface area contributed by atoms with E-state index >= 15 is 0 Å². The molecule has 0 aromatic heterocycles. The van der Waals surface area contributed by atoms with E-state index in [0.717, 1.165) is 5.56 Å². The van der Waals surface area contributed by atoms with Crippen LogP contribution in [0, 0.1) is 10.1 Å². The van der Waals surface area contributed by atoms with Crippen LogP contribution in [0.15, 0.2) is 28.7 Å². The summed E-state index contributed by atoms with van der Waals surface area (Å²) in [5, 5.41) is 10.4. The molecular formula is C8H8N2O2S. The molecule has 0 aliphatic carbocycles. The molecule has 1 rings (SSSR count). The lowest BCUT2D eigenvalue weighted by Gasteiger charge is -1.92. The maximum absolute atomic E-state index is 10.4. The SMILES string of the molecule is CS/N=C/c1cccc([N+](=O)[O-])c1. The summed E-state index contributed by atoms with van der Waals surface area (Å²) in [7, 11) is 0. The molecule has 0 bridgehead atoms. The molecule has 4 nitrogen and oxygen atoms in total. The van der Waals surface area contributed by atoms with Crippen molar-refractivity contribution in [1.29, 1.82) is 0 Å². The maximum Gasteiger partial charge on any atom is 0.270 e. The predicted octanol–water partition coefficient (Wildman–Crippen LogP) is 2.29. The Morgan fingerprint density at radius 1 is 1.62 bits per heavy atom. The summed E-state index contributed by atoms with van der Waals surface area (Å²) in [6.07, 6.45) is 3.42. The minimum absolute atomic E-state index is 0.0880. The van der Waals surface area contributed by atoms with Crippen LogP contribution in [0.4, 0.5) is 5.69 Å². The molecule has 0 unspecified atom stereocenters. The van der Waals surface area contributed by atoms with Crippen LogP contribution in [-0.4, -0.2) is 17.4 Å². The number of hydrogen-bond acceptors (Lipinski definition) is 4.